The van der Waals surface area contributed by atoms with Gasteiger partial charge in [-0.3, -0.25) is 34.1 Å². The van der Waals surface area contributed by atoms with Gasteiger partial charge in [-0.2, -0.15) is 5.10 Å². The van der Waals surface area contributed by atoms with Gasteiger partial charge in [-0.25, -0.2) is 0 Å². The molecule has 1 N–H and O–H groups in total. The van der Waals surface area contributed by atoms with Gasteiger partial charge >= 0.3 is 0 Å². The van der Waals surface area contributed by atoms with E-state index in [0.717, 1.165) is 41.7 Å². The molecule has 36 heavy (non-hydrogen) atoms. The van der Waals surface area contributed by atoms with Crippen molar-refractivity contribution >= 4 is 35.6 Å². The van der Waals surface area contributed by atoms with Crippen LogP contribution in [0.5, 0.6) is 0 Å². The lowest BCUT2D eigenvalue weighted by Gasteiger charge is -2.38. The second-order valence-corrected chi connectivity index (χ2v) is 9.80. The number of fused-ring (bicyclic) bond motifs is 1. The third kappa shape index (κ3) is 3.42. The number of aromatic nitrogens is 2. The lowest BCUT2D eigenvalue weighted by atomic mass is 9.78. The molecule has 2 saturated heterocycles. The Bertz CT molecular complexity index is 1390. The number of hydrogen-bond donors (Lipinski definition) is 1. The molecule has 2 aromatic rings. The van der Waals surface area contributed by atoms with Crippen molar-refractivity contribution in [2.75, 3.05) is 18.0 Å². The second-order valence-electron chi connectivity index (χ2n) is 9.80. The van der Waals surface area contributed by atoms with Gasteiger partial charge in [0.25, 0.3) is 11.8 Å². The van der Waals surface area contributed by atoms with Gasteiger partial charge < -0.3 is 9.69 Å². The van der Waals surface area contributed by atoms with E-state index >= 15 is 0 Å². The highest BCUT2D eigenvalue weighted by Gasteiger charge is 2.45. The Morgan fingerprint density at radius 3 is 2.56 bits per heavy atom. The topological polar surface area (TPSA) is 122 Å². The maximum atomic E-state index is 13.0. The highest BCUT2D eigenvalue weighted by atomic mass is 16.2. The highest BCUT2D eigenvalue weighted by molar-refractivity contribution is 6.23. The number of carbonyl (C=O) groups excluding carboxylic acids is 5. The van der Waals surface area contributed by atoms with E-state index in [0.29, 0.717) is 13.1 Å². The summed E-state index contributed by atoms with van der Waals surface area (Å²) in [6.07, 6.45) is 7.34. The fourth-order valence-electron chi connectivity index (χ4n) is 5.19. The van der Waals surface area contributed by atoms with Gasteiger partial charge in [0.1, 0.15) is 17.9 Å². The molecule has 1 aliphatic carbocycles. The maximum absolute atomic E-state index is 13.0. The van der Waals surface area contributed by atoms with E-state index in [-0.39, 0.29) is 29.9 Å². The molecular weight excluding hydrogens is 462 g/mol. The zero-order valence-corrected chi connectivity index (χ0v) is 19.4. The molecule has 1 saturated carbocycles. The predicted molar refractivity (Wildman–Crippen MR) is 126 cm³/mol. The summed E-state index contributed by atoms with van der Waals surface area (Å²) in [6.45, 7) is 1.36. The summed E-state index contributed by atoms with van der Waals surface area (Å²) in [5, 5.41) is 6.53. The Hall–Kier alpha value is -4.26. The zero-order chi connectivity index (χ0) is 25.0. The van der Waals surface area contributed by atoms with Crippen molar-refractivity contribution in [2.24, 2.45) is 5.92 Å². The van der Waals surface area contributed by atoms with E-state index in [9.17, 15) is 24.0 Å². The van der Waals surface area contributed by atoms with E-state index in [1.807, 2.05) is 6.20 Å². The first-order valence-corrected chi connectivity index (χ1v) is 12.0. The number of hydrogen-bond acceptors (Lipinski definition) is 7. The average molecular weight is 486 g/mol. The Labute approximate surface area is 206 Å². The summed E-state index contributed by atoms with van der Waals surface area (Å²) in [5.74, 6) is 4.48. The van der Waals surface area contributed by atoms with E-state index < -0.39 is 35.2 Å². The van der Waals surface area contributed by atoms with Crippen LogP contribution in [0.15, 0.2) is 30.6 Å². The molecule has 10 heteroatoms. The van der Waals surface area contributed by atoms with Crippen molar-refractivity contribution in [3.8, 4) is 11.8 Å². The average Bonchev–Trinajstić information content (AvgIpc) is 3.36. The fourth-order valence-corrected chi connectivity index (χ4v) is 5.19. The van der Waals surface area contributed by atoms with E-state index in [4.69, 9.17) is 0 Å². The first kappa shape index (κ1) is 22.2. The number of nitrogens with zero attached hydrogens (tertiary/aromatic N) is 4. The smallest absolute Gasteiger partial charge is 0.262 e. The Balaban J connectivity index is 1.12. The Morgan fingerprint density at radius 2 is 1.86 bits per heavy atom. The molecule has 4 heterocycles. The zero-order valence-electron chi connectivity index (χ0n) is 19.4. The predicted octanol–water partition coefficient (Wildman–Crippen LogP) is 0.850. The van der Waals surface area contributed by atoms with Crippen molar-refractivity contribution < 1.29 is 24.0 Å². The number of piperidine rings is 1. The third-order valence-electron chi connectivity index (χ3n) is 7.57. The number of rotatable bonds is 4. The van der Waals surface area contributed by atoms with Crippen molar-refractivity contribution in [2.45, 2.75) is 43.7 Å². The van der Waals surface area contributed by atoms with Gasteiger partial charge in [-0.15, -0.1) is 0 Å². The summed E-state index contributed by atoms with van der Waals surface area (Å²) < 4.78 is 1.72. The van der Waals surface area contributed by atoms with Crippen molar-refractivity contribution in [1.82, 2.24) is 20.0 Å². The minimum Gasteiger partial charge on any atom is -0.369 e. The van der Waals surface area contributed by atoms with Crippen LogP contribution in [-0.4, -0.2) is 63.7 Å². The number of nitrogens with one attached hydrogen (secondary N) is 1. The van der Waals surface area contributed by atoms with E-state index in [2.05, 4.69) is 27.2 Å². The quantitative estimate of drug-likeness (QED) is 0.387. The molecule has 1 aromatic carbocycles. The number of amides is 4. The standard InChI is InChI=1S/C26H23N5O5/c32-15-26(8-1-9-26)30-14-16(11-27-30)2-3-17-12-29(13-17)18-4-5-19-20(10-18)25(36)31(24(19)35)21-6-7-22(33)28-23(21)34/h4-5,10-11,14-15,17,21H,1,6-9,12-13H2,(H,28,33,34). The summed E-state index contributed by atoms with van der Waals surface area (Å²) in [5.41, 5.74) is 1.61. The van der Waals surface area contributed by atoms with Crippen LogP contribution in [0.1, 0.15) is 58.4 Å². The number of imide groups is 2. The van der Waals surface area contributed by atoms with Gasteiger partial charge in [-0.1, -0.05) is 11.8 Å². The minimum absolute atomic E-state index is 0.0873. The molecule has 182 valence electrons. The van der Waals surface area contributed by atoms with Crippen LogP contribution in [0.4, 0.5) is 5.69 Å². The van der Waals surface area contributed by atoms with Crippen molar-refractivity contribution in [3.05, 3.63) is 47.3 Å². The van der Waals surface area contributed by atoms with Crippen LogP contribution in [0, 0.1) is 17.8 Å². The van der Waals surface area contributed by atoms with Gasteiger partial charge in [0, 0.05) is 31.4 Å². The summed E-state index contributed by atoms with van der Waals surface area (Å²) in [7, 11) is 0. The van der Waals surface area contributed by atoms with Gasteiger partial charge in [0.2, 0.25) is 11.8 Å². The first-order chi connectivity index (χ1) is 17.4. The van der Waals surface area contributed by atoms with Crippen molar-refractivity contribution in [3.63, 3.8) is 0 Å². The molecule has 0 radical (unpaired) electrons. The van der Waals surface area contributed by atoms with Gasteiger partial charge in [0.15, 0.2) is 0 Å². The normalized spacial score (nSPS) is 22.8. The third-order valence-corrected chi connectivity index (χ3v) is 7.57. The molecule has 4 amide bonds. The SMILES string of the molecule is O=CC1(n2cc(C#CC3CN(c4ccc5c(c4)C(=O)N(C4CCC(=O)NC4=O)C5=O)C3)cn2)CCC1. The van der Waals surface area contributed by atoms with Crippen LogP contribution < -0.4 is 10.2 Å². The fraction of sp³-hybridized carbons (Fsp3) is 0.385. The maximum Gasteiger partial charge on any atom is 0.262 e. The van der Waals surface area contributed by atoms with Crippen LogP contribution >= 0.6 is 0 Å². The molecule has 0 bridgehead atoms. The molecule has 3 fully saturated rings. The van der Waals surface area contributed by atoms with Gasteiger partial charge in [0.05, 0.1) is 28.8 Å². The number of carbonyl (C=O) groups is 5. The van der Waals surface area contributed by atoms with Crippen LogP contribution in [0.25, 0.3) is 0 Å². The second kappa shape index (κ2) is 8.16. The molecule has 1 aromatic heterocycles. The lowest BCUT2D eigenvalue weighted by molar-refractivity contribution is -0.136. The molecule has 10 nitrogen and oxygen atoms in total. The Kier molecular flexibility index (Phi) is 5.03. The summed E-state index contributed by atoms with van der Waals surface area (Å²) in [4.78, 5) is 64.1. The number of anilines is 1. The molecule has 1 atom stereocenters. The van der Waals surface area contributed by atoms with Crippen LogP contribution in [-0.2, 0) is 19.9 Å². The molecule has 6 rings (SSSR count). The van der Waals surface area contributed by atoms with Gasteiger partial charge in [-0.05, 0) is 43.9 Å². The summed E-state index contributed by atoms with van der Waals surface area (Å²) >= 11 is 0. The minimum atomic E-state index is -0.975. The highest BCUT2D eigenvalue weighted by Crippen LogP contribution is 2.37. The van der Waals surface area contributed by atoms with Crippen molar-refractivity contribution in [1.29, 1.82) is 0 Å². The summed E-state index contributed by atoms with van der Waals surface area (Å²) in [6, 6.07) is 4.13. The molecule has 0 spiro atoms. The van der Waals surface area contributed by atoms with E-state index in [1.165, 1.54) is 0 Å². The molecule has 4 aliphatic rings. The van der Waals surface area contributed by atoms with Crippen LogP contribution in [0.2, 0.25) is 0 Å². The molecule has 3 aliphatic heterocycles. The number of aldehydes is 1. The largest absolute Gasteiger partial charge is 0.369 e. The number of benzene rings is 1. The van der Waals surface area contributed by atoms with E-state index in [1.54, 1.807) is 29.1 Å². The lowest BCUT2D eigenvalue weighted by Crippen LogP contribution is -2.54. The molecular formula is C26H23N5O5. The monoisotopic (exact) mass is 485 g/mol. The Morgan fingerprint density at radius 1 is 1.08 bits per heavy atom. The first-order valence-electron chi connectivity index (χ1n) is 12.0. The molecule has 1 unspecified atom stereocenters. The van der Waals surface area contributed by atoms with Crippen LogP contribution in [0.3, 0.4) is 0 Å².